The van der Waals surface area contributed by atoms with Gasteiger partial charge in [0.25, 0.3) is 0 Å². The summed E-state index contributed by atoms with van der Waals surface area (Å²) in [5, 5.41) is 4.40. The van der Waals surface area contributed by atoms with Crippen molar-refractivity contribution in [3.8, 4) is 0 Å². The van der Waals surface area contributed by atoms with Crippen LogP contribution < -0.4 is 0 Å². The Morgan fingerprint density at radius 1 is 0.818 bits per heavy atom. The van der Waals surface area contributed by atoms with Crippen LogP contribution in [0.25, 0.3) is 0 Å². The average Bonchev–Trinajstić information content (AvgIpc) is 2.58. The van der Waals surface area contributed by atoms with E-state index in [1.165, 1.54) is 38.8 Å². The molecule has 0 aromatic heterocycles. The largest absolute Gasteiger partial charge is 0.284 e. The highest BCUT2D eigenvalue weighted by atomic mass is 16.7. The number of piperidine rings is 1. The first-order chi connectivity index (χ1) is 5.47. The summed E-state index contributed by atoms with van der Waals surface area (Å²) in [4.78, 5) is 5.45. The van der Waals surface area contributed by atoms with Gasteiger partial charge in [-0.1, -0.05) is 6.42 Å². The Kier molecular flexibility index (Phi) is 2.41. The predicted octanol–water partition coefficient (Wildman–Crippen LogP) is 1.02. The lowest BCUT2D eigenvalue weighted by Gasteiger charge is -2.32. The van der Waals surface area contributed by atoms with Gasteiger partial charge in [-0.25, -0.2) is 5.01 Å². The Morgan fingerprint density at radius 3 is 2.27 bits per heavy atom. The Bertz CT molecular complexity index is 117. The van der Waals surface area contributed by atoms with Gasteiger partial charge < -0.3 is 0 Å². The van der Waals surface area contributed by atoms with E-state index in [4.69, 9.17) is 4.84 Å². The fraction of sp³-hybridized carbons (Fsp3) is 1.00. The van der Waals surface area contributed by atoms with Gasteiger partial charge in [-0.15, -0.1) is 5.17 Å². The molecule has 0 unspecified atom stereocenters. The van der Waals surface area contributed by atoms with Gasteiger partial charge in [0.1, 0.15) is 0 Å². The molecule has 2 fully saturated rings. The summed E-state index contributed by atoms with van der Waals surface area (Å²) < 4.78 is 0. The van der Waals surface area contributed by atoms with Crippen LogP contribution >= 0.6 is 0 Å². The normalized spacial score (nSPS) is 29.5. The molecule has 0 aromatic rings. The van der Waals surface area contributed by atoms with E-state index in [-0.39, 0.29) is 0 Å². The zero-order valence-electron chi connectivity index (χ0n) is 6.96. The van der Waals surface area contributed by atoms with Crippen molar-refractivity contribution in [3.05, 3.63) is 0 Å². The fourth-order valence-electron chi connectivity index (χ4n) is 1.76. The summed E-state index contributed by atoms with van der Waals surface area (Å²) in [6, 6.07) is 0. The third kappa shape index (κ3) is 1.72. The van der Waals surface area contributed by atoms with Crippen molar-refractivity contribution < 1.29 is 4.84 Å². The molecule has 3 nitrogen and oxygen atoms in total. The molecule has 0 spiro atoms. The number of hydroxylamine groups is 1. The molecule has 2 saturated heterocycles. The Balaban J connectivity index is 1.82. The molecule has 0 aromatic carbocycles. The summed E-state index contributed by atoms with van der Waals surface area (Å²) in [6.07, 6.45) is 5.25. The second-order valence-electron chi connectivity index (χ2n) is 3.28. The molecule has 0 amide bonds. The van der Waals surface area contributed by atoms with Crippen molar-refractivity contribution in [2.24, 2.45) is 0 Å². The maximum absolute atomic E-state index is 5.45. The van der Waals surface area contributed by atoms with Crippen molar-refractivity contribution in [1.82, 2.24) is 10.2 Å². The van der Waals surface area contributed by atoms with Crippen LogP contribution in [0.1, 0.15) is 25.7 Å². The van der Waals surface area contributed by atoms with Crippen LogP contribution in [0.2, 0.25) is 0 Å². The lowest BCUT2D eigenvalue weighted by molar-refractivity contribution is -0.254. The minimum Gasteiger partial charge on any atom is -0.284 e. The van der Waals surface area contributed by atoms with Crippen LogP contribution in [-0.2, 0) is 4.84 Å². The Hall–Kier alpha value is -0.120. The molecule has 3 heteroatoms. The van der Waals surface area contributed by atoms with Crippen molar-refractivity contribution in [1.29, 1.82) is 0 Å². The standard InChI is InChI=1S/C8H16N2O/c1-2-5-9(6-3-1)10-7-4-8-11-10/h1-8H2. The van der Waals surface area contributed by atoms with Crippen LogP contribution in [0.3, 0.4) is 0 Å². The number of hydrogen-bond donors (Lipinski definition) is 0. The molecule has 0 atom stereocenters. The maximum atomic E-state index is 5.45. The third-order valence-corrected chi connectivity index (χ3v) is 2.38. The predicted molar refractivity (Wildman–Crippen MR) is 42.7 cm³/mol. The zero-order chi connectivity index (χ0) is 7.52. The molecule has 11 heavy (non-hydrogen) atoms. The van der Waals surface area contributed by atoms with Crippen LogP contribution in [0.5, 0.6) is 0 Å². The highest BCUT2D eigenvalue weighted by molar-refractivity contribution is 4.62. The molecule has 2 aliphatic rings. The van der Waals surface area contributed by atoms with E-state index in [1.54, 1.807) is 0 Å². The van der Waals surface area contributed by atoms with Gasteiger partial charge in [0.2, 0.25) is 0 Å². The molecule has 2 rings (SSSR count). The molecule has 0 saturated carbocycles. The van der Waals surface area contributed by atoms with Gasteiger partial charge in [-0.05, 0) is 19.3 Å². The molecular formula is C8H16N2O. The van der Waals surface area contributed by atoms with Gasteiger partial charge >= 0.3 is 0 Å². The van der Waals surface area contributed by atoms with E-state index in [9.17, 15) is 0 Å². The molecule has 0 radical (unpaired) electrons. The Morgan fingerprint density at radius 2 is 1.64 bits per heavy atom. The van der Waals surface area contributed by atoms with E-state index in [2.05, 4.69) is 10.2 Å². The smallest absolute Gasteiger partial charge is 0.0715 e. The van der Waals surface area contributed by atoms with Gasteiger partial charge in [0, 0.05) is 19.6 Å². The van der Waals surface area contributed by atoms with Crippen molar-refractivity contribution in [2.75, 3.05) is 26.2 Å². The molecule has 2 aliphatic heterocycles. The lowest BCUT2D eigenvalue weighted by Crippen LogP contribution is -2.42. The quantitative estimate of drug-likeness (QED) is 0.564. The molecule has 2 heterocycles. The van der Waals surface area contributed by atoms with Crippen molar-refractivity contribution in [2.45, 2.75) is 25.7 Å². The Labute approximate surface area is 67.8 Å². The number of hydrogen-bond acceptors (Lipinski definition) is 3. The average molecular weight is 156 g/mol. The summed E-state index contributed by atoms with van der Waals surface area (Å²) in [5.74, 6) is 0. The summed E-state index contributed by atoms with van der Waals surface area (Å²) in [6.45, 7) is 4.40. The third-order valence-electron chi connectivity index (χ3n) is 2.38. The second-order valence-corrected chi connectivity index (χ2v) is 3.28. The van der Waals surface area contributed by atoms with Crippen LogP contribution in [0.4, 0.5) is 0 Å². The fourth-order valence-corrected chi connectivity index (χ4v) is 1.76. The van der Waals surface area contributed by atoms with Crippen LogP contribution in [-0.4, -0.2) is 36.4 Å². The first-order valence-corrected chi connectivity index (χ1v) is 4.62. The van der Waals surface area contributed by atoms with Crippen molar-refractivity contribution in [3.63, 3.8) is 0 Å². The highest BCUT2D eigenvalue weighted by Crippen LogP contribution is 2.15. The monoisotopic (exact) mass is 156 g/mol. The molecule has 0 bridgehead atoms. The first-order valence-electron chi connectivity index (χ1n) is 4.62. The van der Waals surface area contributed by atoms with E-state index in [1.807, 2.05) is 0 Å². The number of hydrazine groups is 1. The second kappa shape index (κ2) is 3.52. The molecule has 0 N–H and O–H groups in total. The SMILES string of the molecule is C1CCN(N2CCCO2)CC1. The van der Waals surface area contributed by atoms with Crippen LogP contribution in [0, 0.1) is 0 Å². The molecule has 64 valence electrons. The topological polar surface area (TPSA) is 15.7 Å². The summed E-state index contributed by atoms with van der Waals surface area (Å²) in [7, 11) is 0. The van der Waals surface area contributed by atoms with Gasteiger partial charge in [-0.3, -0.25) is 4.84 Å². The van der Waals surface area contributed by atoms with E-state index in [0.29, 0.717) is 0 Å². The van der Waals surface area contributed by atoms with E-state index < -0.39 is 0 Å². The minimum atomic E-state index is 0.913. The maximum Gasteiger partial charge on any atom is 0.0715 e. The van der Waals surface area contributed by atoms with Crippen molar-refractivity contribution >= 4 is 0 Å². The molecular weight excluding hydrogens is 140 g/mol. The highest BCUT2D eigenvalue weighted by Gasteiger charge is 2.21. The summed E-state index contributed by atoms with van der Waals surface area (Å²) in [5.41, 5.74) is 0. The zero-order valence-corrected chi connectivity index (χ0v) is 6.96. The van der Waals surface area contributed by atoms with E-state index >= 15 is 0 Å². The minimum absolute atomic E-state index is 0.913. The van der Waals surface area contributed by atoms with Gasteiger partial charge in [-0.2, -0.15) is 0 Å². The van der Waals surface area contributed by atoms with Gasteiger partial charge in [0.05, 0.1) is 6.61 Å². The lowest BCUT2D eigenvalue weighted by atomic mass is 10.2. The molecule has 0 aliphatic carbocycles. The first kappa shape index (κ1) is 7.53. The summed E-state index contributed by atoms with van der Waals surface area (Å²) >= 11 is 0. The number of nitrogens with zero attached hydrogens (tertiary/aromatic N) is 2. The number of rotatable bonds is 1. The van der Waals surface area contributed by atoms with Gasteiger partial charge in [0.15, 0.2) is 0 Å². The van der Waals surface area contributed by atoms with E-state index in [0.717, 1.165) is 13.2 Å². The van der Waals surface area contributed by atoms with Crippen LogP contribution in [0.15, 0.2) is 0 Å².